The summed E-state index contributed by atoms with van der Waals surface area (Å²) in [6.45, 7) is 3.89. The Balaban J connectivity index is 1.99. The van der Waals surface area contributed by atoms with Crippen molar-refractivity contribution < 1.29 is 13.9 Å². The minimum atomic E-state index is -0.335. The third-order valence-electron chi connectivity index (χ3n) is 3.38. The summed E-state index contributed by atoms with van der Waals surface area (Å²) in [5.41, 5.74) is 3.40. The predicted octanol–water partition coefficient (Wildman–Crippen LogP) is 3.22. The molecule has 0 saturated carbocycles. The van der Waals surface area contributed by atoms with E-state index < -0.39 is 0 Å². The van der Waals surface area contributed by atoms with Crippen LogP contribution in [0.2, 0.25) is 0 Å². The molecule has 0 amide bonds. The molecular weight excluding hydrogens is 339 g/mol. The first kappa shape index (κ1) is 15.7. The van der Waals surface area contributed by atoms with Crippen molar-refractivity contribution in [3.8, 4) is 0 Å². The van der Waals surface area contributed by atoms with E-state index in [0.29, 0.717) is 4.47 Å². The maximum Gasteiger partial charge on any atom is 0.310 e. The summed E-state index contributed by atoms with van der Waals surface area (Å²) in [6, 6.07) is 4.27. The van der Waals surface area contributed by atoms with E-state index in [9.17, 15) is 9.18 Å². The fourth-order valence-corrected chi connectivity index (χ4v) is 2.53. The minimum Gasteiger partial charge on any atom is -0.461 e. The third-order valence-corrected chi connectivity index (χ3v) is 4.12. The van der Waals surface area contributed by atoms with Crippen LogP contribution in [-0.2, 0) is 29.6 Å². The van der Waals surface area contributed by atoms with Gasteiger partial charge in [-0.15, -0.1) is 0 Å². The van der Waals surface area contributed by atoms with Crippen molar-refractivity contribution in [1.82, 2.24) is 9.78 Å². The number of carbonyl (C=O) groups is 1. The molecule has 0 spiro atoms. The lowest BCUT2D eigenvalue weighted by molar-refractivity contribution is -0.144. The number of nitrogens with zero attached hydrogens (tertiary/aromatic N) is 2. The van der Waals surface area contributed by atoms with E-state index >= 15 is 0 Å². The highest BCUT2D eigenvalue weighted by Gasteiger charge is 2.15. The summed E-state index contributed by atoms with van der Waals surface area (Å²) >= 11 is 3.25. The summed E-state index contributed by atoms with van der Waals surface area (Å²) in [4.78, 5) is 11.9. The van der Waals surface area contributed by atoms with Gasteiger partial charge in [0.1, 0.15) is 12.4 Å². The lowest BCUT2D eigenvalue weighted by Crippen LogP contribution is -2.09. The van der Waals surface area contributed by atoms with Gasteiger partial charge < -0.3 is 4.74 Å². The lowest BCUT2D eigenvalue weighted by atomic mass is 10.1. The van der Waals surface area contributed by atoms with Gasteiger partial charge in [0.2, 0.25) is 0 Å². The molecule has 0 radical (unpaired) electrons. The van der Waals surface area contributed by atoms with Crippen molar-refractivity contribution in [2.75, 3.05) is 0 Å². The first-order chi connectivity index (χ1) is 9.88. The smallest absolute Gasteiger partial charge is 0.310 e. The van der Waals surface area contributed by atoms with Crippen LogP contribution in [0.25, 0.3) is 0 Å². The van der Waals surface area contributed by atoms with Crippen molar-refractivity contribution in [2.45, 2.75) is 26.9 Å². The van der Waals surface area contributed by atoms with Gasteiger partial charge in [0, 0.05) is 28.3 Å². The number of aromatic nitrogens is 2. The number of hydrogen-bond acceptors (Lipinski definition) is 3. The average Bonchev–Trinajstić information content (AvgIpc) is 2.64. The zero-order valence-electron chi connectivity index (χ0n) is 12.1. The Hall–Kier alpha value is -1.69. The number of halogens is 2. The SMILES string of the molecule is Cc1nn(C)c(C)c1CC(=O)OCc1ccc(F)cc1Br. The van der Waals surface area contributed by atoms with Crippen LogP contribution in [-0.4, -0.2) is 15.7 Å². The van der Waals surface area contributed by atoms with E-state index in [1.54, 1.807) is 10.7 Å². The Morgan fingerprint density at radius 2 is 2.14 bits per heavy atom. The highest BCUT2D eigenvalue weighted by molar-refractivity contribution is 9.10. The second kappa shape index (κ2) is 6.39. The molecule has 0 aliphatic heterocycles. The van der Waals surface area contributed by atoms with Crippen LogP contribution < -0.4 is 0 Å². The van der Waals surface area contributed by atoms with Gasteiger partial charge >= 0.3 is 5.97 Å². The molecule has 2 aromatic rings. The molecule has 0 unspecified atom stereocenters. The molecule has 1 heterocycles. The molecule has 1 aromatic heterocycles. The number of ether oxygens (including phenoxy) is 1. The van der Waals surface area contributed by atoms with Gasteiger partial charge in [0.05, 0.1) is 12.1 Å². The molecule has 6 heteroatoms. The third kappa shape index (κ3) is 3.69. The Morgan fingerprint density at radius 3 is 2.71 bits per heavy atom. The molecule has 0 aliphatic rings. The minimum absolute atomic E-state index is 0.109. The van der Waals surface area contributed by atoms with Crippen molar-refractivity contribution in [3.05, 3.63) is 51.0 Å². The zero-order chi connectivity index (χ0) is 15.6. The number of rotatable bonds is 4. The number of carbonyl (C=O) groups excluding carboxylic acids is 1. The molecule has 112 valence electrons. The normalized spacial score (nSPS) is 10.7. The molecule has 0 saturated heterocycles. The highest BCUT2D eigenvalue weighted by Crippen LogP contribution is 2.19. The topological polar surface area (TPSA) is 44.1 Å². The van der Waals surface area contributed by atoms with Crippen molar-refractivity contribution in [1.29, 1.82) is 0 Å². The summed E-state index contributed by atoms with van der Waals surface area (Å²) < 4.78 is 20.6. The molecule has 1 aromatic carbocycles. The number of hydrogen-bond donors (Lipinski definition) is 0. The van der Waals surface area contributed by atoms with E-state index in [1.807, 2.05) is 20.9 Å². The molecule has 21 heavy (non-hydrogen) atoms. The van der Waals surface area contributed by atoms with E-state index in [0.717, 1.165) is 22.5 Å². The molecule has 0 bridgehead atoms. The van der Waals surface area contributed by atoms with E-state index in [-0.39, 0.29) is 24.8 Å². The maximum atomic E-state index is 13.0. The van der Waals surface area contributed by atoms with E-state index in [1.165, 1.54) is 12.1 Å². The number of benzene rings is 1. The average molecular weight is 355 g/mol. The fourth-order valence-electron chi connectivity index (χ4n) is 2.07. The van der Waals surface area contributed by atoms with Crippen LogP contribution in [0.4, 0.5) is 4.39 Å². The van der Waals surface area contributed by atoms with Gasteiger partial charge in [-0.25, -0.2) is 4.39 Å². The molecule has 0 atom stereocenters. The van der Waals surface area contributed by atoms with Crippen LogP contribution in [0.15, 0.2) is 22.7 Å². The largest absolute Gasteiger partial charge is 0.461 e. The van der Waals surface area contributed by atoms with Crippen LogP contribution >= 0.6 is 15.9 Å². The zero-order valence-corrected chi connectivity index (χ0v) is 13.7. The van der Waals surface area contributed by atoms with Crippen LogP contribution in [0.5, 0.6) is 0 Å². The summed E-state index contributed by atoms with van der Waals surface area (Å²) in [7, 11) is 1.84. The van der Waals surface area contributed by atoms with E-state index in [2.05, 4.69) is 21.0 Å². The molecule has 0 fully saturated rings. The Bertz CT molecular complexity index is 683. The van der Waals surface area contributed by atoms with Crippen molar-refractivity contribution in [2.24, 2.45) is 7.05 Å². The van der Waals surface area contributed by atoms with Crippen LogP contribution in [0, 0.1) is 19.7 Å². The standard InChI is InChI=1S/C15H16BrFN2O2/c1-9-13(10(2)19(3)18-9)7-15(20)21-8-11-4-5-12(17)6-14(11)16/h4-6H,7-8H2,1-3H3. The predicted molar refractivity (Wildman–Crippen MR) is 80.3 cm³/mol. The highest BCUT2D eigenvalue weighted by atomic mass is 79.9. The van der Waals surface area contributed by atoms with Crippen LogP contribution in [0.1, 0.15) is 22.5 Å². The van der Waals surface area contributed by atoms with Gasteiger partial charge in [0.25, 0.3) is 0 Å². The van der Waals surface area contributed by atoms with Crippen LogP contribution in [0.3, 0.4) is 0 Å². The fraction of sp³-hybridized carbons (Fsp3) is 0.333. The maximum absolute atomic E-state index is 13.0. The Labute approximate surface area is 131 Å². The summed E-state index contributed by atoms with van der Waals surface area (Å²) in [5, 5.41) is 4.27. The van der Waals surface area contributed by atoms with E-state index in [4.69, 9.17) is 4.74 Å². The van der Waals surface area contributed by atoms with Gasteiger partial charge in [-0.3, -0.25) is 9.48 Å². The monoisotopic (exact) mass is 354 g/mol. The van der Waals surface area contributed by atoms with Gasteiger partial charge in [-0.2, -0.15) is 5.10 Å². The first-order valence-electron chi connectivity index (χ1n) is 6.47. The second-order valence-corrected chi connectivity index (χ2v) is 5.70. The lowest BCUT2D eigenvalue weighted by Gasteiger charge is -2.07. The number of aryl methyl sites for hydroxylation is 2. The molecule has 0 N–H and O–H groups in total. The van der Waals surface area contributed by atoms with Crippen molar-refractivity contribution in [3.63, 3.8) is 0 Å². The summed E-state index contributed by atoms with van der Waals surface area (Å²) in [5.74, 6) is -0.663. The van der Waals surface area contributed by atoms with Crippen molar-refractivity contribution >= 4 is 21.9 Å². The summed E-state index contributed by atoms with van der Waals surface area (Å²) in [6.07, 6.45) is 0.185. The first-order valence-corrected chi connectivity index (χ1v) is 7.26. The van der Waals surface area contributed by atoms with Gasteiger partial charge in [-0.1, -0.05) is 22.0 Å². The molecular formula is C15H16BrFN2O2. The van der Waals surface area contributed by atoms with Gasteiger partial charge in [-0.05, 0) is 26.0 Å². The molecule has 2 rings (SSSR count). The number of esters is 1. The second-order valence-electron chi connectivity index (χ2n) is 4.85. The Morgan fingerprint density at radius 1 is 1.43 bits per heavy atom. The Kier molecular flexibility index (Phi) is 4.77. The molecule has 0 aliphatic carbocycles. The molecule has 4 nitrogen and oxygen atoms in total. The quantitative estimate of drug-likeness (QED) is 0.791. The van der Waals surface area contributed by atoms with Gasteiger partial charge in [0.15, 0.2) is 0 Å².